The summed E-state index contributed by atoms with van der Waals surface area (Å²) < 4.78 is 26.7. The van der Waals surface area contributed by atoms with Crippen LogP contribution in [0.25, 0.3) is 0 Å². The second-order valence-electron chi connectivity index (χ2n) is 6.83. The van der Waals surface area contributed by atoms with Gasteiger partial charge in [0.2, 0.25) is 5.91 Å². The van der Waals surface area contributed by atoms with Gasteiger partial charge < -0.3 is 5.32 Å². The molecule has 0 heterocycles. The first-order chi connectivity index (χ1) is 13.9. The molecule has 5 nitrogen and oxygen atoms in total. The topological polar surface area (TPSA) is 66.5 Å². The maximum absolute atomic E-state index is 12.7. The van der Waals surface area contributed by atoms with Crippen molar-refractivity contribution in [2.24, 2.45) is 0 Å². The van der Waals surface area contributed by atoms with Crippen LogP contribution < -0.4 is 9.62 Å². The quantitative estimate of drug-likeness (QED) is 0.644. The standard InChI is InChI=1S/C23H24N2O3S/c1-18(20-9-5-3-6-10-20)24-23(26)17-19-13-15-21(16-14-19)25(2)29(27,28)22-11-7-4-8-12-22/h3-16,18H,17H2,1-2H3,(H,24,26). The number of benzene rings is 3. The van der Waals surface area contributed by atoms with Crippen LogP contribution in [0.1, 0.15) is 24.1 Å². The van der Waals surface area contributed by atoms with Crippen LogP contribution in [0.15, 0.2) is 89.8 Å². The first kappa shape index (κ1) is 20.6. The number of carbonyl (C=O) groups excluding carboxylic acids is 1. The Kier molecular flexibility index (Phi) is 6.34. The van der Waals surface area contributed by atoms with Crippen molar-refractivity contribution in [3.8, 4) is 0 Å². The fourth-order valence-electron chi connectivity index (χ4n) is 3.02. The lowest BCUT2D eigenvalue weighted by Gasteiger charge is -2.20. The first-order valence-corrected chi connectivity index (χ1v) is 10.8. The average Bonchev–Trinajstić information content (AvgIpc) is 2.75. The minimum atomic E-state index is -3.62. The van der Waals surface area contributed by atoms with Crippen LogP contribution in [0, 0.1) is 0 Å². The Hall–Kier alpha value is -3.12. The van der Waals surface area contributed by atoms with Crippen LogP contribution in [0.4, 0.5) is 5.69 Å². The zero-order chi connectivity index (χ0) is 20.9. The van der Waals surface area contributed by atoms with E-state index in [1.165, 1.54) is 11.4 Å². The number of nitrogens with zero attached hydrogens (tertiary/aromatic N) is 1. The maximum Gasteiger partial charge on any atom is 0.264 e. The van der Waals surface area contributed by atoms with Crippen molar-refractivity contribution in [1.29, 1.82) is 0 Å². The third kappa shape index (κ3) is 5.03. The fraction of sp³-hybridized carbons (Fsp3) is 0.174. The molecule has 0 aliphatic heterocycles. The summed E-state index contributed by atoms with van der Waals surface area (Å²) in [7, 11) is -2.10. The van der Waals surface area contributed by atoms with Gasteiger partial charge in [-0.25, -0.2) is 8.42 Å². The number of anilines is 1. The van der Waals surface area contributed by atoms with Crippen LogP contribution >= 0.6 is 0 Å². The fourth-order valence-corrected chi connectivity index (χ4v) is 4.23. The third-order valence-corrected chi connectivity index (χ3v) is 6.54. The summed E-state index contributed by atoms with van der Waals surface area (Å²) in [5, 5.41) is 2.98. The van der Waals surface area contributed by atoms with Crippen molar-refractivity contribution in [3.05, 3.63) is 96.1 Å². The van der Waals surface area contributed by atoms with Crippen LogP contribution in [0.2, 0.25) is 0 Å². The summed E-state index contributed by atoms with van der Waals surface area (Å²) in [6, 6.07) is 25.0. The molecule has 0 aliphatic rings. The predicted molar refractivity (Wildman–Crippen MR) is 115 cm³/mol. The second-order valence-corrected chi connectivity index (χ2v) is 8.80. The van der Waals surface area contributed by atoms with Gasteiger partial charge in [0.05, 0.1) is 23.0 Å². The molecule has 0 bridgehead atoms. The van der Waals surface area contributed by atoms with Crippen LogP contribution in [0.3, 0.4) is 0 Å². The van der Waals surface area contributed by atoms with E-state index in [1.54, 1.807) is 54.6 Å². The Morgan fingerprint density at radius 1 is 0.897 bits per heavy atom. The highest BCUT2D eigenvalue weighted by atomic mass is 32.2. The molecule has 1 N–H and O–H groups in total. The molecule has 3 aromatic carbocycles. The molecule has 1 amide bonds. The number of rotatable bonds is 7. The Labute approximate surface area is 172 Å². The molecule has 0 fully saturated rings. The lowest BCUT2D eigenvalue weighted by Crippen LogP contribution is -2.28. The zero-order valence-electron chi connectivity index (χ0n) is 16.4. The molecule has 0 radical (unpaired) electrons. The van der Waals surface area contributed by atoms with Crippen molar-refractivity contribution in [2.75, 3.05) is 11.4 Å². The molecule has 1 unspecified atom stereocenters. The highest BCUT2D eigenvalue weighted by Gasteiger charge is 2.20. The molecule has 1 atom stereocenters. The van der Waals surface area contributed by atoms with Gasteiger partial charge in [0.15, 0.2) is 0 Å². The summed E-state index contributed by atoms with van der Waals surface area (Å²) in [6.45, 7) is 1.94. The smallest absolute Gasteiger partial charge is 0.264 e. The van der Waals surface area contributed by atoms with Gasteiger partial charge in [-0.15, -0.1) is 0 Å². The summed E-state index contributed by atoms with van der Waals surface area (Å²) in [6.07, 6.45) is 0.229. The Balaban J connectivity index is 1.65. The summed E-state index contributed by atoms with van der Waals surface area (Å²) >= 11 is 0. The van der Waals surface area contributed by atoms with Crippen molar-refractivity contribution < 1.29 is 13.2 Å². The monoisotopic (exact) mass is 408 g/mol. The van der Waals surface area contributed by atoms with Gasteiger partial charge in [-0.3, -0.25) is 9.10 Å². The highest BCUT2D eigenvalue weighted by molar-refractivity contribution is 7.92. The Morgan fingerprint density at radius 3 is 2.03 bits per heavy atom. The van der Waals surface area contributed by atoms with Crippen molar-refractivity contribution >= 4 is 21.6 Å². The SMILES string of the molecule is CC(NC(=O)Cc1ccc(N(C)S(=O)(=O)c2ccccc2)cc1)c1ccccc1. The molecule has 0 saturated heterocycles. The molecule has 3 aromatic rings. The summed E-state index contributed by atoms with van der Waals surface area (Å²) in [4.78, 5) is 12.6. The van der Waals surface area contributed by atoms with E-state index in [2.05, 4.69) is 5.32 Å². The summed E-state index contributed by atoms with van der Waals surface area (Å²) in [5.41, 5.74) is 2.40. The number of hydrogen-bond donors (Lipinski definition) is 1. The van der Waals surface area contributed by atoms with Crippen LogP contribution in [-0.2, 0) is 21.2 Å². The van der Waals surface area contributed by atoms with Crippen molar-refractivity contribution in [2.45, 2.75) is 24.3 Å². The Morgan fingerprint density at radius 2 is 1.45 bits per heavy atom. The molecular formula is C23H24N2O3S. The van der Waals surface area contributed by atoms with E-state index in [4.69, 9.17) is 0 Å². The highest BCUT2D eigenvalue weighted by Crippen LogP contribution is 2.22. The van der Waals surface area contributed by atoms with Gasteiger partial charge in [-0.05, 0) is 42.3 Å². The van der Waals surface area contributed by atoms with Crippen LogP contribution in [0.5, 0.6) is 0 Å². The lowest BCUT2D eigenvalue weighted by molar-refractivity contribution is -0.121. The molecule has 3 rings (SSSR count). The molecular weight excluding hydrogens is 384 g/mol. The lowest BCUT2D eigenvalue weighted by atomic mass is 10.1. The molecule has 0 spiro atoms. The van der Waals surface area contributed by atoms with Gasteiger partial charge in [0.1, 0.15) is 0 Å². The molecule has 0 aromatic heterocycles. The average molecular weight is 409 g/mol. The number of hydrogen-bond acceptors (Lipinski definition) is 3. The first-order valence-electron chi connectivity index (χ1n) is 9.35. The van der Waals surface area contributed by atoms with E-state index >= 15 is 0 Å². The van der Waals surface area contributed by atoms with Crippen molar-refractivity contribution in [3.63, 3.8) is 0 Å². The molecule has 0 saturated carbocycles. The van der Waals surface area contributed by atoms with Gasteiger partial charge in [-0.1, -0.05) is 60.7 Å². The number of amides is 1. The minimum Gasteiger partial charge on any atom is -0.349 e. The number of sulfonamides is 1. The predicted octanol–water partition coefficient (Wildman–Crippen LogP) is 3.93. The number of carbonyl (C=O) groups is 1. The van der Waals surface area contributed by atoms with Gasteiger partial charge in [-0.2, -0.15) is 0 Å². The molecule has 0 aliphatic carbocycles. The Bertz CT molecular complexity index is 1050. The minimum absolute atomic E-state index is 0.0786. The molecule has 6 heteroatoms. The molecule has 29 heavy (non-hydrogen) atoms. The van der Waals surface area contributed by atoms with Gasteiger partial charge >= 0.3 is 0 Å². The van der Waals surface area contributed by atoms with Crippen molar-refractivity contribution in [1.82, 2.24) is 5.32 Å². The van der Waals surface area contributed by atoms with E-state index in [-0.39, 0.29) is 23.3 Å². The normalized spacial score (nSPS) is 12.2. The van der Waals surface area contributed by atoms with Gasteiger partial charge in [0.25, 0.3) is 10.0 Å². The van der Waals surface area contributed by atoms with Crippen LogP contribution in [-0.4, -0.2) is 21.4 Å². The number of nitrogens with one attached hydrogen (secondary N) is 1. The maximum atomic E-state index is 12.7. The van der Waals surface area contributed by atoms with E-state index in [0.717, 1.165) is 11.1 Å². The van der Waals surface area contributed by atoms with E-state index in [0.29, 0.717) is 5.69 Å². The van der Waals surface area contributed by atoms with E-state index in [9.17, 15) is 13.2 Å². The summed E-state index contributed by atoms with van der Waals surface area (Å²) in [5.74, 6) is -0.0839. The molecule has 150 valence electrons. The van der Waals surface area contributed by atoms with E-state index < -0.39 is 10.0 Å². The van der Waals surface area contributed by atoms with Gasteiger partial charge in [0, 0.05) is 7.05 Å². The third-order valence-electron chi connectivity index (χ3n) is 4.74. The largest absolute Gasteiger partial charge is 0.349 e. The zero-order valence-corrected chi connectivity index (χ0v) is 17.3. The van der Waals surface area contributed by atoms with E-state index in [1.807, 2.05) is 37.3 Å². The second kappa shape index (κ2) is 8.92.